The van der Waals surface area contributed by atoms with E-state index in [1.807, 2.05) is 44.4 Å². The second kappa shape index (κ2) is 12.5. The van der Waals surface area contributed by atoms with E-state index in [9.17, 15) is 14.4 Å². The van der Waals surface area contributed by atoms with Crippen LogP contribution >= 0.6 is 22.7 Å². The summed E-state index contributed by atoms with van der Waals surface area (Å²) in [5.41, 5.74) is 2.30. The maximum Gasteiger partial charge on any atom is 0.341 e. The number of hydrogen-bond acceptors (Lipinski definition) is 10. The topological polar surface area (TPSA) is 117 Å². The zero-order valence-electron chi connectivity index (χ0n) is 21.7. The van der Waals surface area contributed by atoms with Crippen molar-refractivity contribution in [3.05, 3.63) is 11.1 Å². The average Bonchev–Trinajstić information content (AvgIpc) is 3.45. The molecule has 3 rings (SSSR count). The van der Waals surface area contributed by atoms with Gasteiger partial charge < -0.3 is 15.4 Å². The van der Waals surface area contributed by atoms with Crippen molar-refractivity contribution in [3.63, 3.8) is 0 Å². The number of aryl methyl sites for hydroxylation is 1. The molecule has 0 atom stereocenters. The summed E-state index contributed by atoms with van der Waals surface area (Å²) in [5, 5.41) is 6.57. The van der Waals surface area contributed by atoms with Crippen LogP contribution in [0, 0.1) is 6.92 Å². The average molecular weight is 535 g/mol. The van der Waals surface area contributed by atoms with E-state index in [2.05, 4.69) is 20.6 Å². The molecule has 36 heavy (non-hydrogen) atoms. The van der Waals surface area contributed by atoms with Gasteiger partial charge in [-0.15, -0.1) is 0 Å². The molecule has 0 spiro atoms. The lowest BCUT2D eigenvalue weighted by Gasteiger charge is -2.16. The monoisotopic (exact) mass is 534 g/mol. The molecule has 3 aromatic rings. The van der Waals surface area contributed by atoms with Crippen LogP contribution in [-0.2, 0) is 14.3 Å². The number of nitrogens with zero attached hydrogens (tertiary/aromatic N) is 4. The third-order valence-corrected chi connectivity index (χ3v) is 7.89. The van der Waals surface area contributed by atoms with E-state index in [4.69, 9.17) is 4.74 Å². The molecule has 0 radical (unpaired) electrons. The van der Waals surface area contributed by atoms with Gasteiger partial charge in [0.15, 0.2) is 10.3 Å². The Morgan fingerprint density at radius 2 is 1.19 bits per heavy atom. The van der Waals surface area contributed by atoms with Crippen LogP contribution in [0.15, 0.2) is 0 Å². The van der Waals surface area contributed by atoms with Crippen molar-refractivity contribution in [1.29, 1.82) is 0 Å². The van der Waals surface area contributed by atoms with Crippen molar-refractivity contribution in [2.45, 2.75) is 41.5 Å². The van der Waals surface area contributed by atoms with Crippen molar-refractivity contribution in [3.8, 4) is 0 Å². The van der Waals surface area contributed by atoms with Gasteiger partial charge in [0.25, 0.3) is 0 Å². The van der Waals surface area contributed by atoms with Crippen molar-refractivity contribution in [1.82, 2.24) is 19.8 Å². The maximum absolute atomic E-state index is 13.0. The SMILES string of the molecule is CCOC(=O)c1c2sc(NC(=O)CN(CC)CC)nc2c(C)c2nc(NC(=O)CN(CC)CC)sc12. The summed E-state index contributed by atoms with van der Waals surface area (Å²) in [5.74, 6) is -0.806. The number of hydrogen-bond donors (Lipinski definition) is 2. The molecule has 2 aromatic heterocycles. The first kappa shape index (κ1) is 27.9. The number of benzene rings is 1. The standard InChI is InChI=1S/C24H34N6O4S2/c1-7-29(8-2)12-15(31)25-23-27-18-14(6)19-21(17(20(18)35-23)22(33)34-11-5)36-24(28-19)26-16(32)13-30(9-3)10-4/h7-13H2,1-6H3,(H,25,27,31)(H,26,28,32). The van der Waals surface area contributed by atoms with Crippen LogP contribution in [0.3, 0.4) is 0 Å². The number of aromatic nitrogens is 2. The van der Waals surface area contributed by atoms with Crippen LogP contribution in [0.25, 0.3) is 20.4 Å². The third kappa shape index (κ3) is 6.17. The van der Waals surface area contributed by atoms with Gasteiger partial charge in [0.05, 0.1) is 45.7 Å². The number of esters is 1. The normalized spacial score (nSPS) is 11.6. The summed E-state index contributed by atoms with van der Waals surface area (Å²) in [6.45, 7) is 15.5. The number of carbonyl (C=O) groups excluding carboxylic acids is 3. The van der Waals surface area contributed by atoms with Gasteiger partial charge in [-0.3, -0.25) is 19.4 Å². The molecular formula is C24H34N6O4S2. The predicted molar refractivity (Wildman–Crippen MR) is 146 cm³/mol. The Balaban J connectivity index is 2.01. The van der Waals surface area contributed by atoms with E-state index in [0.717, 1.165) is 31.7 Å². The van der Waals surface area contributed by atoms with Gasteiger partial charge in [-0.2, -0.15) is 0 Å². The van der Waals surface area contributed by atoms with Crippen LogP contribution in [0.4, 0.5) is 10.3 Å². The first-order valence-corrected chi connectivity index (χ1v) is 13.8. The van der Waals surface area contributed by atoms with E-state index in [0.29, 0.717) is 36.3 Å². The minimum Gasteiger partial charge on any atom is -0.462 e. The van der Waals surface area contributed by atoms with Crippen molar-refractivity contribution < 1.29 is 19.1 Å². The fourth-order valence-electron chi connectivity index (χ4n) is 3.82. The Hall–Kier alpha value is -2.67. The van der Waals surface area contributed by atoms with E-state index < -0.39 is 5.97 Å². The van der Waals surface area contributed by atoms with Crippen LogP contribution in [0.5, 0.6) is 0 Å². The first-order valence-electron chi connectivity index (χ1n) is 12.2. The van der Waals surface area contributed by atoms with Crippen molar-refractivity contribution in [2.75, 3.05) is 56.5 Å². The molecule has 0 saturated carbocycles. The minimum absolute atomic E-state index is 0.161. The highest BCUT2D eigenvalue weighted by Gasteiger charge is 2.26. The van der Waals surface area contributed by atoms with E-state index in [1.165, 1.54) is 22.7 Å². The summed E-state index contributed by atoms with van der Waals surface area (Å²) < 4.78 is 6.61. The fraction of sp³-hybridized carbons (Fsp3) is 0.542. The Kier molecular flexibility index (Phi) is 9.71. The summed E-state index contributed by atoms with van der Waals surface area (Å²) >= 11 is 2.48. The molecule has 196 valence electrons. The Morgan fingerprint density at radius 3 is 1.56 bits per heavy atom. The molecule has 0 aliphatic carbocycles. The highest BCUT2D eigenvalue weighted by molar-refractivity contribution is 7.25. The number of anilines is 2. The van der Waals surface area contributed by atoms with Crippen molar-refractivity contribution in [2.24, 2.45) is 0 Å². The van der Waals surface area contributed by atoms with Crippen LogP contribution < -0.4 is 10.6 Å². The van der Waals surface area contributed by atoms with Gasteiger partial charge in [-0.1, -0.05) is 50.4 Å². The fourth-order valence-corrected chi connectivity index (χ4v) is 6.04. The molecule has 0 fully saturated rings. The molecule has 12 heteroatoms. The summed E-state index contributed by atoms with van der Waals surface area (Å²) in [6, 6.07) is 0. The Labute approximate surface area is 219 Å². The number of carbonyl (C=O) groups is 3. The van der Waals surface area contributed by atoms with Gasteiger partial charge in [0.1, 0.15) is 0 Å². The zero-order valence-corrected chi connectivity index (χ0v) is 23.3. The van der Waals surface area contributed by atoms with E-state index in [1.54, 1.807) is 6.92 Å². The highest BCUT2D eigenvalue weighted by atomic mass is 32.1. The van der Waals surface area contributed by atoms with Crippen LogP contribution in [0.1, 0.15) is 50.5 Å². The van der Waals surface area contributed by atoms with Crippen molar-refractivity contribution >= 4 is 71.2 Å². The van der Waals surface area contributed by atoms with E-state index in [-0.39, 0.29) is 31.5 Å². The second-order valence-electron chi connectivity index (χ2n) is 8.13. The molecule has 0 saturated heterocycles. The summed E-state index contributed by atoms with van der Waals surface area (Å²) in [6.07, 6.45) is 0. The number of nitrogens with one attached hydrogen (secondary N) is 2. The molecule has 0 bridgehead atoms. The Morgan fingerprint density at radius 1 is 0.778 bits per heavy atom. The zero-order chi connectivity index (χ0) is 26.4. The van der Waals surface area contributed by atoms with Gasteiger partial charge in [-0.25, -0.2) is 14.8 Å². The number of likely N-dealkylation sites (N-methyl/N-ethyl adjacent to an activating group) is 2. The first-order chi connectivity index (χ1) is 17.3. The highest BCUT2D eigenvalue weighted by Crippen LogP contribution is 2.41. The minimum atomic E-state index is -0.484. The molecule has 2 amide bonds. The smallest absolute Gasteiger partial charge is 0.341 e. The number of amides is 2. The van der Waals surface area contributed by atoms with Crippen LogP contribution in [-0.4, -0.2) is 83.4 Å². The largest absolute Gasteiger partial charge is 0.462 e. The molecule has 0 aliphatic rings. The van der Waals surface area contributed by atoms with Gasteiger partial charge in [-0.05, 0) is 40.0 Å². The number of thiazole rings is 2. The quantitative estimate of drug-likeness (QED) is 0.336. The lowest BCUT2D eigenvalue weighted by Crippen LogP contribution is -2.32. The molecule has 0 aliphatic heterocycles. The summed E-state index contributed by atoms with van der Waals surface area (Å²) in [4.78, 5) is 51.4. The number of fused-ring (bicyclic) bond motifs is 2. The predicted octanol–water partition coefficient (Wildman–Crippen LogP) is 3.95. The Bertz CT molecular complexity index is 1160. The third-order valence-electron chi connectivity index (χ3n) is 5.91. The van der Waals surface area contributed by atoms with Gasteiger partial charge >= 0.3 is 5.97 Å². The molecular weight excluding hydrogens is 500 g/mol. The molecule has 2 N–H and O–H groups in total. The molecule has 1 aromatic carbocycles. The maximum atomic E-state index is 13.0. The summed E-state index contributed by atoms with van der Waals surface area (Å²) in [7, 11) is 0. The lowest BCUT2D eigenvalue weighted by molar-refractivity contribution is -0.118. The van der Waals surface area contributed by atoms with Gasteiger partial charge in [0, 0.05) is 5.56 Å². The lowest BCUT2D eigenvalue weighted by atomic mass is 10.1. The van der Waals surface area contributed by atoms with Gasteiger partial charge in [0.2, 0.25) is 11.8 Å². The van der Waals surface area contributed by atoms with Crippen LogP contribution in [0.2, 0.25) is 0 Å². The molecule has 2 heterocycles. The second-order valence-corrected chi connectivity index (χ2v) is 10.1. The number of rotatable bonds is 12. The van der Waals surface area contributed by atoms with E-state index >= 15 is 0 Å². The molecule has 0 unspecified atom stereocenters. The molecule has 10 nitrogen and oxygen atoms in total. The number of ether oxygens (including phenoxy) is 1.